The molecule has 1 saturated heterocycles. The van der Waals surface area contributed by atoms with Crippen molar-refractivity contribution in [3.63, 3.8) is 0 Å². The molecule has 1 heterocycles. The predicted molar refractivity (Wildman–Crippen MR) is 101 cm³/mol. The van der Waals surface area contributed by atoms with Gasteiger partial charge in [0.15, 0.2) is 0 Å². The zero-order valence-electron chi connectivity index (χ0n) is 14.5. The maximum atomic E-state index is 12.9. The van der Waals surface area contributed by atoms with Crippen LogP contribution in [0.15, 0.2) is 53.4 Å². The molecule has 1 aliphatic rings. The summed E-state index contributed by atoms with van der Waals surface area (Å²) >= 11 is 0.517. The number of nitrogens with zero attached hydrogens (tertiary/aromatic N) is 1. The van der Waals surface area contributed by atoms with E-state index in [-0.39, 0.29) is 5.91 Å². The van der Waals surface area contributed by atoms with Gasteiger partial charge in [0.2, 0.25) is 0 Å². The summed E-state index contributed by atoms with van der Waals surface area (Å²) in [6.07, 6.45) is 0. The summed E-state index contributed by atoms with van der Waals surface area (Å²) in [5.41, 5.74) is 2.10. The number of likely N-dealkylation sites (N-methyl/N-ethyl adjacent to an activating group) is 1. The van der Waals surface area contributed by atoms with Crippen molar-refractivity contribution in [1.82, 2.24) is 4.90 Å². The highest BCUT2D eigenvalue weighted by Gasteiger charge is 2.24. The van der Waals surface area contributed by atoms with Gasteiger partial charge in [-0.05, 0) is 36.4 Å². The molecule has 2 aromatic rings. The summed E-state index contributed by atoms with van der Waals surface area (Å²) in [5, 5.41) is 3.23. The van der Waals surface area contributed by atoms with E-state index >= 15 is 0 Å². The minimum absolute atomic E-state index is 0.0190. The van der Waals surface area contributed by atoms with E-state index in [4.69, 9.17) is 0 Å². The molecule has 0 radical (unpaired) electrons. The number of quaternary nitrogens is 1. The van der Waals surface area contributed by atoms with Crippen molar-refractivity contribution in [3.8, 4) is 0 Å². The first kappa shape index (κ1) is 18.7. The Labute approximate surface area is 156 Å². The second-order valence-electron chi connectivity index (χ2n) is 6.32. The molecule has 2 aromatic carbocycles. The second-order valence-corrected chi connectivity index (χ2v) is 7.39. The number of piperazine rings is 1. The summed E-state index contributed by atoms with van der Waals surface area (Å²) in [5.74, 6) is -2.41. The van der Waals surface area contributed by atoms with Crippen LogP contribution in [0, 0.1) is 0 Å². The first-order valence-electron chi connectivity index (χ1n) is 8.54. The van der Waals surface area contributed by atoms with E-state index in [0.29, 0.717) is 22.2 Å². The fraction of sp³-hybridized carbons (Fsp3) is 0.316. The lowest BCUT2D eigenvalue weighted by Gasteiger charge is -2.30. The second kappa shape index (κ2) is 8.51. The maximum Gasteiger partial charge on any atom is 0.288 e. The van der Waals surface area contributed by atoms with Crippen LogP contribution in [0.4, 0.5) is 20.2 Å². The number of hydrogen-bond acceptors (Lipinski definition) is 3. The number of anilines is 2. The predicted octanol–water partition coefficient (Wildman–Crippen LogP) is 2.72. The molecule has 0 atom stereocenters. The molecule has 0 saturated carbocycles. The summed E-state index contributed by atoms with van der Waals surface area (Å²) in [6.45, 7) is 3.40. The van der Waals surface area contributed by atoms with Gasteiger partial charge in [0, 0.05) is 10.6 Å². The van der Waals surface area contributed by atoms with E-state index in [1.54, 1.807) is 24.3 Å². The van der Waals surface area contributed by atoms with E-state index in [1.807, 2.05) is 29.2 Å². The first-order chi connectivity index (χ1) is 12.5. The summed E-state index contributed by atoms with van der Waals surface area (Å²) in [6, 6.07) is 14.2. The number of rotatable bonds is 5. The van der Waals surface area contributed by atoms with Crippen LogP contribution >= 0.6 is 11.8 Å². The van der Waals surface area contributed by atoms with Gasteiger partial charge < -0.3 is 15.1 Å². The number of alkyl halides is 2. The average molecular weight is 378 g/mol. The Morgan fingerprint density at radius 1 is 1.12 bits per heavy atom. The lowest BCUT2D eigenvalue weighted by molar-refractivity contribution is -0.883. The summed E-state index contributed by atoms with van der Waals surface area (Å²) in [7, 11) is 2.13. The monoisotopic (exact) mass is 378 g/mol. The number of benzene rings is 2. The van der Waals surface area contributed by atoms with Gasteiger partial charge in [0.1, 0.15) is 0 Å². The van der Waals surface area contributed by atoms with Gasteiger partial charge in [-0.15, -0.1) is 0 Å². The molecule has 2 N–H and O–H groups in total. The van der Waals surface area contributed by atoms with Gasteiger partial charge in [-0.1, -0.05) is 23.9 Å². The van der Waals surface area contributed by atoms with Crippen molar-refractivity contribution in [3.05, 3.63) is 54.1 Å². The molecule has 3 rings (SSSR count). The van der Waals surface area contributed by atoms with Crippen LogP contribution in [0.5, 0.6) is 0 Å². The van der Waals surface area contributed by atoms with Crippen LogP contribution in [0.25, 0.3) is 0 Å². The zero-order chi connectivity index (χ0) is 18.5. The van der Waals surface area contributed by atoms with E-state index in [1.165, 1.54) is 4.90 Å². The fourth-order valence-corrected chi connectivity index (χ4v) is 3.41. The number of nitrogens with one attached hydrogen (secondary N) is 2. The van der Waals surface area contributed by atoms with Gasteiger partial charge in [-0.2, -0.15) is 8.78 Å². The summed E-state index contributed by atoms with van der Waals surface area (Å²) in [4.78, 5) is 16.7. The third-order valence-electron chi connectivity index (χ3n) is 4.42. The minimum Gasteiger partial charge on any atom is -0.355 e. The third kappa shape index (κ3) is 4.74. The molecule has 0 bridgehead atoms. The van der Waals surface area contributed by atoms with Crippen LogP contribution in [-0.4, -0.2) is 49.8 Å². The van der Waals surface area contributed by atoms with Crippen LogP contribution in [-0.2, 0) is 0 Å². The Hall–Kier alpha value is -2.12. The Balaban J connectivity index is 1.74. The Kier molecular flexibility index (Phi) is 6.11. The van der Waals surface area contributed by atoms with Crippen LogP contribution in [0.3, 0.4) is 0 Å². The Morgan fingerprint density at radius 2 is 1.77 bits per heavy atom. The molecule has 4 nitrogen and oxygen atoms in total. The van der Waals surface area contributed by atoms with E-state index in [2.05, 4.69) is 12.4 Å². The maximum absolute atomic E-state index is 12.9. The van der Waals surface area contributed by atoms with Crippen molar-refractivity contribution in [2.24, 2.45) is 0 Å². The van der Waals surface area contributed by atoms with Gasteiger partial charge in [-0.25, -0.2) is 0 Å². The SMILES string of the molecule is C[NH+]1CCN(C(=O)c2ccccc2Nc2ccc(SC(F)F)cc2)CC1. The molecule has 7 heteroatoms. The molecule has 0 unspecified atom stereocenters. The molecule has 26 heavy (non-hydrogen) atoms. The molecule has 0 aromatic heterocycles. The smallest absolute Gasteiger partial charge is 0.288 e. The zero-order valence-corrected chi connectivity index (χ0v) is 15.4. The standard InChI is InChI=1S/C19H21F2N3OS/c1-23-10-12-24(13-11-23)18(25)16-4-2-3-5-17(16)22-14-6-8-15(9-7-14)26-19(20)21/h2-9,19,22H,10-13H2,1H3/p+1. The topological polar surface area (TPSA) is 36.8 Å². The molecule has 138 valence electrons. The largest absolute Gasteiger partial charge is 0.355 e. The Morgan fingerprint density at radius 3 is 2.42 bits per heavy atom. The number of amides is 1. The molecule has 0 spiro atoms. The summed E-state index contributed by atoms with van der Waals surface area (Å²) < 4.78 is 24.8. The lowest BCUT2D eigenvalue weighted by atomic mass is 10.1. The molecular formula is C19H22F2N3OS+. The number of halogens is 2. The van der Waals surface area contributed by atoms with Gasteiger partial charge in [0.25, 0.3) is 11.7 Å². The van der Waals surface area contributed by atoms with Gasteiger partial charge in [-0.3, -0.25) is 4.79 Å². The lowest BCUT2D eigenvalue weighted by Crippen LogP contribution is -3.12. The minimum atomic E-state index is -2.43. The van der Waals surface area contributed by atoms with Crippen LogP contribution in [0.1, 0.15) is 10.4 Å². The highest BCUT2D eigenvalue weighted by atomic mass is 32.2. The highest BCUT2D eigenvalue weighted by Crippen LogP contribution is 2.28. The quantitative estimate of drug-likeness (QED) is 0.786. The van der Waals surface area contributed by atoms with E-state index < -0.39 is 5.76 Å². The normalized spacial score (nSPS) is 15.3. The number of hydrogen-bond donors (Lipinski definition) is 2. The van der Waals surface area contributed by atoms with Crippen molar-refractivity contribution in [2.45, 2.75) is 10.7 Å². The highest BCUT2D eigenvalue weighted by molar-refractivity contribution is 7.99. The molecule has 0 aliphatic carbocycles. The average Bonchev–Trinajstić information content (AvgIpc) is 2.63. The van der Waals surface area contributed by atoms with Crippen molar-refractivity contribution < 1.29 is 18.5 Å². The first-order valence-corrected chi connectivity index (χ1v) is 9.42. The van der Waals surface area contributed by atoms with Gasteiger partial charge >= 0.3 is 0 Å². The van der Waals surface area contributed by atoms with Crippen LogP contribution < -0.4 is 10.2 Å². The number of carbonyl (C=O) groups excluding carboxylic acids is 1. The molecular weight excluding hydrogens is 356 g/mol. The number of thioether (sulfide) groups is 1. The fourth-order valence-electron chi connectivity index (χ4n) is 2.92. The van der Waals surface area contributed by atoms with E-state index in [9.17, 15) is 13.6 Å². The van der Waals surface area contributed by atoms with Crippen LogP contribution in [0.2, 0.25) is 0 Å². The molecule has 1 amide bonds. The number of carbonyl (C=O) groups is 1. The van der Waals surface area contributed by atoms with Crippen molar-refractivity contribution >= 4 is 29.0 Å². The van der Waals surface area contributed by atoms with Crippen molar-refractivity contribution in [1.29, 1.82) is 0 Å². The van der Waals surface area contributed by atoms with Gasteiger partial charge in [0.05, 0.1) is 44.5 Å². The number of para-hydroxylation sites is 1. The Bertz CT molecular complexity index is 747. The van der Waals surface area contributed by atoms with E-state index in [0.717, 1.165) is 37.6 Å². The third-order valence-corrected chi connectivity index (χ3v) is 5.14. The molecule has 1 aliphatic heterocycles. The molecule has 1 fully saturated rings. The van der Waals surface area contributed by atoms with Crippen molar-refractivity contribution in [2.75, 3.05) is 38.5 Å².